The highest BCUT2D eigenvalue weighted by atomic mass is 16.5. The number of rotatable bonds is 8. The van der Waals surface area contributed by atoms with E-state index in [0.29, 0.717) is 32.0 Å². The van der Waals surface area contributed by atoms with Crippen LogP contribution in [0.1, 0.15) is 12.5 Å². The van der Waals surface area contributed by atoms with Crippen LogP contribution in [-0.4, -0.2) is 79.3 Å². The summed E-state index contributed by atoms with van der Waals surface area (Å²) in [6.07, 6.45) is 0.774. The van der Waals surface area contributed by atoms with Crippen molar-refractivity contribution in [3.05, 3.63) is 29.8 Å². The van der Waals surface area contributed by atoms with E-state index in [1.807, 2.05) is 24.3 Å². The summed E-state index contributed by atoms with van der Waals surface area (Å²) >= 11 is 0. The Kier molecular flexibility index (Phi) is 7.21. The topological polar surface area (TPSA) is 79.3 Å². The number of aliphatic carboxylic acids is 1. The first-order valence-corrected chi connectivity index (χ1v) is 8.49. The molecule has 2 rings (SSSR count). The first-order chi connectivity index (χ1) is 12.0. The number of amides is 1. The Morgan fingerprint density at radius 1 is 1.36 bits per heavy atom. The quantitative estimate of drug-likeness (QED) is 0.750. The van der Waals surface area contributed by atoms with E-state index in [1.54, 1.807) is 16.8 Å². The number of carboxylic acids is 1. The van der Waals surface area contributed by atoms with Crippen LogP contribution >= 0.6 is 0 Å². The number of hydrogen-bond acceptors (Lipinski definition) is 5. The van der Waals surface area contributed by atoms with Gasteiger partial charge in [0.2, 0.25) is 0 Å². The Hall–Kier alpha value is -2.12. The Morgan fingerprint density at radius 2 is 2.08 bits per heavy atom. The molecule has 1 aromatic carbocycles. The first-order valence-electron chi connectivity index (χ1n) is 8.49. The first kappa shape index (κ1) is 19.2. The number of carbonyl (C=O) groups excluding carboxylic acids is 1. The number of likely N-dealkylation sites (N-methyl/N-ethyl adjacent to an activating group) is 1. The van der Waals surface area contributed by atoms with Gasteiger partial charge in [0.05, 0.1) is 19.3 Å². The number of carboxylic acid groups (broad SMARTS) is 1. The zero-order valence-corrected chi connectivity index (χ0v) is 14.8. The standard InChI is InChI=1S/C18H26N2O5/c1-3-14-4-6-15(7-5-14)25-13-17(21)20-8-9-24-16(11-20)10-19(2)12-18(22)23/h4-7,16H,3,8-13H2,1-2H3,(H,22,23). The third kappa shape index (κ3) is 6.36. The molecule has 1 heterocycles. The van der Waals surface area contributed by atoms with Gasteiger partial charge in [0.25, 0.3) is 5.91 Å². The van der Waals surface area contributed by atoms with Gasteiger partial charge >= 0.3 is 5.97 Å². The van der Waals surface area contributed by atoms with E-state index < -0.39 is 5.97 Å². The number of carbonyl (C=O) groups is 2. The predicted octanol–water partition coefficient (Wildman–Crippen LogP) is 0.872. The lowest BCUT2D eigenvalue weighted by atomic mass is 10.2. The molecule has 25 heavy (non-hydrogen) atoms. The highest BCUT2D eigenvalue weighted by Crippen LogP contribution is 2.13. The van der Waals surface area contributed by atoms with Gasteiger partial charge in [-0.2, -0.15) is 0 Å². The Balaban J connectivity index is 1.79. The monoisotopic (exact) mass is 350 g/mol. The van der Waals surface area contributed by atoms with E-state index in [4.69, 9.17) is 14.6 Å². The number of ether oxygens (including phenoxy) is 2. The van der Waals surface area contributed by atoms with Crippen LogP contribution in [0.2, 0.25) is 0 Å². The maximum absolute atomic E-state index is 12.3. The van der Waals surface area contributed by atoms with Gasteiger partial charge in [-0.25, -0.2) is 0 Å². The molecule has 0 aromatic heterocycles. The minimum Gasteiger partial charge on any atom is -0.484 e. The molecule has 1 amide bonds. The van der Waals surface area contributed by atoms with Gasteiger partial charge in [0, 0.05) is 19.6 Å². The van der Waals surface area contributed by atoms with Crippen molar-refractivity contribution in [2.24, 2.45) is 0 Å². The van der Waals surface area contributed by atoms with Crippen LogP contribution in [0.25, 0.3) is 0 Å². The average Bonchev–Trinajstić information content (AvgIpc) is 2.59. The molecule has 138 valence electrons. The summed E-state index contributed by atoms with van der Waals surface area (Å²) in [5.74, 6) is -0.293. The molecule has 1 unspecified atom stereocenters. The molecular formula is C18H26N2O5. The summed E-state index contributed by atoms with van der Waals surface area (Å²) in [6, 6.07) is 7.72. The maximum Gasteiger partial charge on any atom is 0.317 e. The SMILES string of the molecule is CCc1ccc(OCC(=O)N2CCOC(CN(C)CC(=O)O)C2)cc1. The van der Waals surface area contributed by atoms with Gasteiger partial charge in [-0.1, -0.05) is 19.1 Å². The molecule has 1 atom stereocenters. The van der Waals surface area contributed by atoms with Crippen LogP contribution in [0.4, 0.5) is 0 Å². The van der Waals surface area contributed by atoms with Crippen LogP contribution < -0.4 is 4.74 Å². The highest BCUT2D eigenvalue weighted by molar-refractivity contribution is 5.78. The van der Waals surface area contributed by atoms with E-state index in [-0.39, 0.29) is 25.2 Å². The van der Waals surface area contributed by atoms with Gasteiger partial charge in [-0.15, -0.1) is 0 Å². The van der Waals surface area contributed by atoms with E-state index in [1.165, 1.54) is 5.56 Å². The van der Waals surface area contributed by atoms with Crippen LogP contribution in [0.5, 0.6) is 5.75 Å². The molecule has 0 bridgehead atoms. The molecule has 1 aromatic rings. The fourth-order valence-corrected chi connectivity index (χ4v) is 2.76. The van der Waals surface area contributed by atoms with Gasteiger partial charge < -0.3 is 19.5 Å². The van der Waals surface area contributed by atoms with E-state index in [9.17, 15) is 9.59 Å². The Labute approximate surface area is 148 Å². The van der Waals surface area contributed by atoms with Crippen LogP contribution in [0.15, 0.2) is 24.3 Å². The second-order valence-corrected chi connectivity index (χ2v) is 6.21. The molecule has 1 aliphatic rings. The van der Waals surface area contributed by atoms with Crippen LogP contribution in [0.3, 0.4) is 0 Å². The molecule has 7 nitrogen and oxygen atoms in total. The van der Waals surface area contributed by atoms with Crippen molar-refractivity contribution in [1.29, 1.82) is 0 Å². The third-order valence-electron chi connectivity index (χ3n) is 4.11. The summed E-state index contributed by atoms with van der Waals surface area (Å²) in [4.78, 5) is 26.4. The van der Waals surface area contributed by atoms with Crippen molar-refractivity contribution >= 4 is 11.9 Å². The molecule has 7 heteroatoms. The highest BCUT2D eigenvalue weighted by Gasteiger charge is 2.25. The number of nitrogens with zero attached hydrogens (tertiary/aromatic N) is 2. The molecule has 1 N–H and O–H groups in total. The van der Waals surface area contributed by atoms with E-state index >= 15 is 0 Å². The Bertz CT molecular complexity index is 575. The van der Waals surface area contributed by atoms with E-state index in [2.05, 4.69) is 6.92 Å². The van der Waals surface area contributed by atoms with Crippen molar-refractivity contribution in [2.75, 3.05) is 46.4 Å². The zero-order valence-electron chi connectivity index (χ0n) is 14.8. The van der Waals surface area contributed by atoms with E-state index in [0.717, 1.165) is 6.42 Å². The number of aryl methyl sites for hydroxylation is 1. The molecule has 1 fully saturated rings. The fraction of sp³-hybridized carbons (Fsp3) is 0.556. The fourth-order valence-electron chi connectivity index (χ4n) is 2.76. The lowest BCUT2D eigenvalue weighted by molar-refractivity contribution is -0.143. The molecular weight excluding hydrogens is 324 g/mol. The van der Waals surface area contributed by atoms with Crippen molar-refractivity contribution in [1.82, 2.24) is 9.80 Å². The number of morpholine rings is 1. The van der Waals surface area contributed by atoms with Gasteiger partial charge in [0.1, 0.15) is 5.75 Å². The number of benzene rings is 1. The van der Waals surface area contributed by atoms with Crippen molar-refractivity contribution in [3.63, 3.8) is 0 Å². The summed E-state index contributed by atoms with van der Waals surface area (Å²) in [7, 11) is 1.72. The molecule has 0 radical (unpaired) electrons. The normalized spacial score (nSPS) is 17.6. The van der Waals surface area contributed by atoms with Crippen LogP contribution in [-0.2, 0) is 20.7 Å². The Morgan fingerprint density at radius 3 is 2.72 bits per heavy atom. The van der Waals surface area contributed by atoms with Gasteiger partial charge in [-0.05, 0) is 31.2 Å². The molecule has 0 saturated carbocycles. The van der Waals surface area contributed by atoms with Crippen molar-refractivity contribution in [2.45, 2.75) is 19.4 Å². The maximum atomic E-state index is 12.3. The largest absolute Gasteiger partial charge is 0.484 e. The van der Waals surface area contributed by atoms with Crippen molar-refractivity contribution < 1.29 is 24.2 Å². The molecule has 1 saturated heterocycles. The lowest BCUT2D eigenvalue weighted by Crippen LogP contribution is -2.50. The molecule has 0 aliphatic carbocycles. The minimum atomic E-state index is -0.881. The smallest absolute Gasteiger partial charge is 0.317 e. The van der Waals surface area contributed by atoms with Gasteiger partial charge in [0.15, 0.2) is 6.61 Å². The summed E-state index contributed by atoms with van der Waals surface area (Å²) in [5, 5.41) is 8.80. The second-order valence-electron chi connectivity index (χ2n) is 6.21. The zero-order chi connectivity index (χ0) is 18.2. The second kappa shape index (κ2) is 9.39. The summed E-state index contributed by atoms with van der Waals surface area (Å²) < 4.78 is 11.2. The average molecular weight is 350 g/mol. The molecule has 1 aliphatic heterocycles. The predicted molar refractivity (Wildman–Crippen MR) is 92.8 cm³/mol. The number of hydrogen-bond donors (Lipinski definition) is 1. The summed E-state index contributed by atoms with van der Waals surface area (Å²) in [6.45, 7) is 3.91. The van der Waals surface area contributed by atoms with Crippen LogP contribution in [0, 0.1) is 0 Å². The third-order valence-corrected chi connectivity index (χ3v) is 4.11. The minimum absolute atomic E-state index is 0.0108. The lowest BCUT2D eigenvalue weighted by Gasteiger charge is -2.34. The van der Waals surface area contributed by atoms with Gasteiger partial charge in [-0.3, -0.25) is 14.5 Å². The summed E-state index contributed by atoms with van der Waals surface area (Å²) in [5.41, 5.74) is 1.22. The molecule has 0 spiro atoms. The van der Waals surface area contributed by atoms with Crippen molar-refractivity contribution in [3.8, 4) is 5.75 Å².